The lowest BCUT2D eigenvalue weighted by molar-refractivity contribution is -0.133. The molecule has 0 bridgehead atoms. The van der Waals surface area contributed by atoms with Gasteiger partial charge in [-0.3, -0.25) is 9.78 Å². The van der Waals surface area contributed by atoms with Crippen LogP contribution in [-0.2, 0) is 4.79 Å². The van der Waals surface area contributed by atoms with Gasteiger partial charge in [0.25, 0.3) is 5.91 Å². The quantitative estimate of drug-likeness (QED) is 0.658. The monoisotopic (exact) mass is 365 g/mol. The zero-order valence-corrected chi connectivity index (χ0v) is 14.7. The van der Waals surface area contributed by atoms with Crippen molar-refractivity contribution in [2.24, 2.45) is 0 Å². The van der Waals surface area contributed by atoms with Crippen LogP contribution in [0.5, 0.6) is 5.75 Å². The highest BCUT2D eigenvalue weighted by atomic mass is 16.5. The minimum absolute atomic E-state index is 0.0438. The Morgan fingerprint density at radius 1 is 1.04 bits per heavy atom. The van der Waals surface area contributed by atoms with Gasteiger partial charge < -0.3 is 19.0 Å². The molecule has 0 unspecified atom stereocenters. The van der Waals surface area contributed by atoms with Gasteiger partial charge in [-0.1, -0.05) is 0 Å². The van der Waals surface area contributed by atoms with E-state index in [0.29, 0.717) is 24.4 Å². The van der Waals surface area contributed by atoms with Crippen LogP contribution in [0.15, 0.2) is 64.1 Å². The molecular weight excluding hydrogens is 346 g/mol. The Labute approximate surface area is 155 Å². The molecule has 3 aromatic rings. The predicted molar refractivity (Wildman–Crippen MR) is 101 cm³/mol. The molecule has 1 fully saturated rings. The fourth-order valence-electron chi connectivity index (χ4n) is 3.14. The molecule has 0 radical (unpaired) electrons. The SMILES string of the molecule is O=C(COc1ccc2ccc(=O)oc2c1)N1CCN(c2ccncc2)CC1. The Balaban J connectivity index is 1.33. The summed E-state index contributed by atoms with van der Waals surface area (Å²) in [6.45, 7) is 2.81. The van der Waals surface area contributed by atoms with Crippen LogP contribution in [0.3, 0.4) is 0 Å². The summed E-state index contributed by atoms with van der Waals surface area (Å²) in [5, 5.41) is 0.806. The fraction of sp³-hybridized carbons (Fsp3) is 0.250. The average Bonchev–Trinajstić information content (AvgIpc) is 2.72. The summed E-state index contributed by atoms with van der Waals surface area (Å²) in [4.78, 5) is 31.8. The molecular formula is C20H19N3O4. The average molecular weight is 365 g/mol. The van der Waals surface area contributed by atoms with Gasteiger partial charge in [0, 0.05) is 61.8 Å². The van der Waals surface area contributed by atoms with Gasteiger partial charge in [0.2, 0.25) is 0 Å². The van der Waals surface area contributed by atoms with Gasteiger partial charge in [0.05, 0.1) is 0 Å². The standard InChI is InChI=1S/C20H19N3O4/c24-19(23-11-9-22(10-12-23)16-5-7-21-8-6-16)14-26-17-3-1-15-2-4-20(25)27-18(15)13-17/h1-8,13H,9-12,14H2. The van der Waals surface area contributed by atoms with Crippen molar-refractivity contribution in [1.82, 2.24) is 9.88 Å². The maximum atomic E-state index is 12.4. The number of rotatable bonds is 4. The minimum Gasteiger partial charge on any atom is -0.484 e. The van der Waals surface area contributed by atoms with E-state index in [9.17, 15) is 9.59 Å². The number of anilines is 1. The Morgan fingerprint density at radius 2 is 1.78 bits per heavy atom. The topological polar surface area (TPSA) is 75.9 Å². The van der Waals surface area contributed by atoms with E-state index in [1.54, 1.807) is 41.6 Å². The van der Waals surface area contributed by atoms with E-state index in [0.717, 1.165) is 24.2 Å². The number of fused-ring (bicyclic) bond motifs is 1. The number of carbonyl (C=O) groups is 1. The summed E-state index contributed by atoms with van der Waals surface area (Å²) in [5.41, 5.74) is 1.15. The van der Waals surface area contributed by atoms with Crippen molar-refractivity contribution in [3.63, 3.8) is 0 Å². The van der Waals surface area contributed by atoms with E-state index >= 15 is 0 Å². The zero-order valence-electron chi connectivity index (χ0n) is 14.7. The van der Waals surface area contributed by atoms with Crippen LogP contribution in [0.4, 0.5) is 5.69 Å². The molecule has 2 aromatic heterocycles. The van der Waals surface area contributed by atoms with Gasteiger partial charge in [-0.2, -0.15) is 0 Å². The van der Waals surface area contributed by atoms with Crippen LogP contribution in [0.25, 0.3) is 11.0 Å². The van der Waals surface area contributed by atoms with Crippen molar-refractivity contribution < 1.29 is 13.9 Å². The van der Waals surface area contributed by atoms with Crippen LogP contribution in [0.1, 0.15) is 0 Å². The summed E-state index contributed by atoms with van der Waals surface area (Å²) in [6, 6.07) is 12.2. The van der Waals surface area contributed by atoms with Gasteiger partial charge in [0.15, 0.2) is 6.61 Å². The van der Waals surface area contributed by atoms with Gasteiger partial charge in [-0.25, -0.2) is 4.79 Å². The van der Waals surface area contributed by atoms with Crippen molar-refractivity contribution in [3.8, 4) is 5.75 Å². The Morgan fingerprint density at radius 3 is 2.56 bits per heavy atom. The Bertz CT molecular complexity index is 995. The van der Waals surface area contributed by atoms with Crippen LogP contribution in [0.2, 0.25) is 0 Å². The molecule has 3 heterocycles. The molecule has 138 valence electrons. The summed E-state index contributed by atoms with van der Waals surface area (Å²) in [7, 11) is 0. The summed E-state index contributed by atoms with van der Waals surface area (Å²) >= 11 is 0. The van der Waals surface area contributed by atoms with Crippen molar-refractivity contribution in [2.75, 3.05) is 37.7 Å². The molecule has 0 spiro atoms. The van der Waals surface area contributed by atoms with Gasteiger partial charge in [0.1, 0.15) is 11.3 Å². The van der Waals surface area contributed by atoms with Gasteiger partial charge in [-0.05, 0) is 30.3 Å². The molecule has 0 N–H and O–H groups in total. The molecule has 1 aliphatic rings. The maximum absolute atomic E-state index is 12.4. The molecule has 1 aromatic carbocycles. The van der Waals surface area contributed by atoms with E-state index < -0.39 is 5.63 Å². The van der Waals surface area contributed by atoms with E-state index in [-0.39, 0.29) is 12.5 Å². The van der Waals surface area contributed by atoms with Gasteiger partial charge >= 0.3 is 5.63 Å². The molecule has 0 saturated carbocycles. The molecule has 1 saturated heterocycles. The predicted octanol–water partition coefficient (Wildman–Crippen LogP) is 1.92. The second-order valence-electron chi connectivity index (χ2n) is 6.32. The van der Waals surface area contributed by atoms with Crippen LogP contribution >= 0.6 is 0 Å². The van der Waals surface area contributed by atoms with Crippen molar-refractivity contribution in [2.45, 2.75) is 0 Å². The number of ether oxygens (including phenoxy) is 1. The summed E-state index contributed by atoms with van der Waals surface area (Å²) in [5.74, 6) is 0.444. The number of hydrogen-bond acceptors (Lipinski definition) is 6. The van der Waals surface area contributed by atoms with E-state index in [1.165, 1.54) is 6.07 Å². The highest BCUT2D eigenvalue weighted by Crippen LogP contribution is 2.20. The third-order valence-electron chi connectivity index (χ3n) is 4.62. The third kappa shape index (κ3) is 3.92. The van der Waals surface area contributed by atoms with Gasteiger partial charge in [-0.15, -0.1) is 0 Å². The number of aromatic nitrogens is 1. The normalized spacial score (nSPS) is 14.4. The summed E-state index contributed by atoms with van der Waals surface area (Å²) in [6.07, 6.45) is 3.54. The van der Waals surface area contributed by atoms with Crippen molar-refractivity contribution >= 4 is 22.6 Å². The first kappa shape index (κ1) is 17.1. The lowest BCUT2D eigenvalue weighted by Crippen LogP contribution is -2.50. The minimum atomic E-state index is -0.414. The number of benzene rings is 1. The maximum Gasteiger partial charge on any atom is 0.336 e. The molecule has 7 heteroatoms. The number of piperazine rings is 1. The largest absolute Gasteiger partial charge is 0.484 e. The highest BCUT2D eigenvalue weighted by molar-refractivity contribution is 5.79. The van der Waals surface area contributed by atoms with Crippen LogP contribution < -0.4 is 15.3 Å². The van der Waals surface area contributed by atoms with Crippen molar-refractivity contribution in [3.05, 3.63) is 65.3 Å². The van der Waals surface area contributed by atoms with E-state index in [4.69, 9.17) is 9.15 Å². The van der Waals surface area contributed by atoms with E-state index in [1.807, 2.05) is 12.1 Å². The Hall–Kier alpha value is -3.35. The third-order valence-corrected chi connectivity index (χ3v) is 4.62. The summed E-state index contributed by atoms with van der Waals surface area (Å²) < 4.78 is 10.7. The first-order valence-electron chi connectivity index (χ1n) is 8.78. The van der Waals surface area contributed by atoms with Crippen LogP contribution in [-0.4, -0.2) is 48.6 Å². The van der Waals surface area contributed by atoms with Crippen molar-refractivity contribution in [1.29, 1.82) is 0 Å². The lowest BCUT2D eigenvalue weighted by Gasteiger charge is -2.36. The Kier molecular flexibility index (Phi) is 4.74. The molecule has 1 aliphatic heterocycles. The highest BCUT2D eigenvalue weighted by Gasteiger charge is 2.21. The van der Waals surface area contributed by atoms with Crippen LogP contribution in [0, 0.1) is 0 Å². The first-order valence-corrected chi connectivity index (χ1v) is 8.78. The number of pyridine rings is 1. The first-order chi connectivity index (χ1) is 13.2. The molecule has 4 rings (SSSR count). The smallest absolute Gasteiger partial charge is 0.336 e. The molecule has 7 nitrogen and oxygen atoms in total. The lowest BCUT2D eigenvalue weighted by atomic mass is 10.2. The molecule has 27 heavy (non-hydrogen) atoms. The second kappa shape index (κ2) is 7.49. The fourth-order valence-corrected chi connectivity index (χ4v) is 3.14. The number of amides is 1. The number of hydrogen-bond donors (Lipinski definition) is 0. The molecule has 0 aliphatic carbocycles. The number of carbonyl (C=O) groups excluding carboxylic acids is 1. The number of nitrogens with zero attached hydrogens (tertiary/aromatic N) is 3. The second-order valence-corrected chi connectivity index (χ2v) is 6.32. The molecule has 1 amide bonds. The molecule has 0 atom stereocenters. The zero-order chi connectivity index (χ0) is 18.6. The van der Waals surface area contributed by atoms with E-state index in [2.05, 4.69) is 9.88 Å².